The smallest absolute Gasteiger partial charge is 0.309 e. The molecule has 0 heterocycles. The van der Waals surface area contributed by atoms with E-state index >= 15 is 0 Å². The number of halogens is 1. The Hall–Kier alpha value is -1.02. The summed E-state index contributed by atoms with van der Waals surface area (Å²) < 4.78 is 0. The van der Waals surface area contributed by atoms with Gasteiger partial charge in [0.2, 0.25) is 0 Å². The van der Waals surface area contributed by atoms with Gasteiger partial charge in [-0.3, -0.25) is 4.79 Å². The lowest BCUT2D eigenvalue weighted by Crippen LogP contribution is -2.12. The van der Waals surface area contributed by atoms with Gasteiger partial charge in [-0.05, 0) is 31.0 Å². The van der Waals surface area contributed by atoms with Crippen molar-refractivity contribution >= 4 is 17.6 Å². The molecule has 1 N–H and O–H groups in total. The molecular formula is C11H11ClO2. The topological polar surface area (TPSA) is 37.3 Å². The van der Waals surface area contributed by atoms with E-state index in [-0.39, 0.29) is 5.92 Å². The minimum atomic E-state index is -0.720. The summed E-state index contributed by atoms with van der Waals surface area (Å²) in [5, 5.41) is 9.65. The SMILES string of the molecule is CC1(C(=O)O)CC1c1cccc(Cl)c1. The lowest BCUT2D eigenvalue weighted by atomic mass is 10.0. The number of aliphatic carboxylic acids is 1. The Bertz CT molecular complexity index is 389. The zero-order chi connectivity index (χ0) is 10.3. The summed E-state index contributed by atoms with van der Waals surface area (Å²) in [7, 11) is 0. The van der Waals surface area contributed by atoms with Gasteiger partial charge >= 0.3 is 5.97 Å². The molecule has 2 rings (SSSR count). The van der Waals surface area contributed by atoms with Crippen LogP contribution in [0.5, 0.6) is 0 Å². The molecular weight excluding hydrogens is 200 g/mol. The molecule has 2 nitrogen and oxygen atoms in total. The fourth-order valence-electron chi connectivity index (χ4n) is 1.81. The summed E-state index contributed by atoms with van der Waals surface area (Å²) in [5.41, 5.74) is 0.451. The third-order valence-electron chi connectivity index (χ3n) is 2.98. The summed E-state index contributed by atoms with van der Waals surface area (Å²) in [5.74, 6) is -0.596. The van der Waals surface area contributed by atoms with E-state index in [2.05, 4.69) is 0 Å². The number of hydrogen-bond acceptors (Lipinski definition) is 1. The van der Waals surface area contributed by atoms with Crippen LogP contribution in [0.2, 0.25) is 5.02 Å². The zero-order valence-electron chi connectivity index (χ0n) is 7.83. The van der Waals surface area contributed by atoms with Crippen molar-refractivity contribution in [1.29, 1.82) is 0 Å². The molecule has 0 bridgehead atoms. The van der Waals surface area contributed by atoms with Crippen LogP contribution in [-0.2, 0) is 4.79 Å². The number of rotatable bonds is 2. The summed E-state index contributed by atoms with van der Waals surface area (Å²) in [6.07, 6.45) is 0.711. The molecule has 0 saturated heterocycles. The number of carboxylic acids is 1. The van der Waals surface area contributed by atoms with Crippen LogP contribution in [0.25, 0.3) is 0 Å². The van der Waals surface area contributed by atoms with Gasteiger partial charge in [0.25, 0.3) is 0 Å². The summed E-state index contributed by atoms with van der Waals surface area (Å²) in [6.45, 7) is 1.78. The van der Waals surface area contributed by atoms with Gasteiger partial charge in [-0.25, -0.2) is 0 Å². The molecule has 74 valence electrons. The van der Waals surface area contributed by atoms with Crippen LogP contribution in [-0.4, -0.2) is 11.1 Å². The fraction of sp³-hybridized carbons (Fsp3) is 0.364. The highest BCUT2D eigenvalue weighted by Crippen LogP contribution is 2.59. The normalized spacial score (nSPS) is 30.0. The summed E-state index contributed by atoms with van der Waals surface area (Å²) >= 11 is 5.84. The van der Waals surface area contributed by atoms with Crippen LogP contribution in [0.1, 0.15) is 24.8 Å². The maximum Gasteiger partial charge on any atom is 0.309 e. The van der Waals surface area contributed by atoms with Crippen LogP contribution in [0.15, 0.2) is 24.3 Å². The molecule has 0 aliphatic heterocycles. The van der Waals surface area contributed by atoms with Crippen molar-refractivity contribution in [3.63, 3.8) is 0 Å². The second-order valence-electron chi connectivity index (χ2n) is 4.03. The quantitative estimate of drug-likeness (QED) is 0.815. The van der Waals surface area contributed by atoms with Crippen molar-refractivity contribution in [2.24, 2.45) is 5.41 Å². The van der Waals surface area contributed by atoms with E-state index in [0.29, 0.717) is 11.4 Å². The zero-order valence-corrected chi connectivity index (χ0v) is 8.58. The van der Waals surface area contributed by atoms with Gasteiger partial charge in [-0.15, -0.1) is 0 Å². The van der Waals surface area contributed by atoms with Crippen molar-refractivity contribution in [2.45, 2.75) is 19.3 Å². The molecule has 1 aromatic rings. The molecule has 1 saturated carbocycles. The van der Waals surface area contributed by atoms with Crippen molar-refractivity contribution < 1.29 is 9.90 Å². The van der Waals surface area contributed by atoms with E-state index in [4.69, 9.17) is 16.7 Å². The molecule has 0 aromatic heterocycles. The predicted molar refractivity (Wildman–Crippen MR) is 54.6 cm³/mol. The lowest BCUT2D eigenvalue weighted by molar-refractivity contribution is -0.142. The van der Waals surface area contributed by atoms with Crippen LogP contribution in [0.4, 0.5) is 0 Å². The van der Waals surface area contributed by atoms with Gasteiger partial charge in [-0.1, -0.05) is 23.7 Å². The fourth-order valence-corrected chi connectivity index (χ4v) is 2.01. The Balaban J connectivity index is 2.25. The Kier molecular flexibility index (Phi) is 2.04. The first-order valence-corrected chi connectivity index (χ1v) is 4.91. The Morgan fingerprint density at radius 3 is 2.86 bits per heavy atom. The van der Waals surface area contributed by atoms with Crippen molar-refractivity contribution in [1.82, 2.24) is 0 Å². The van der Waals surface area contributed by atoms with Gasteiger partial charge in [0.1, 0.15) is 0 Å². The maximum atomic E-state index is 10.9. The number of hydrogen-bond donors (Lipinski definition) is 1. The first-order chi connectivity index (χ1) is 6.54. The van der Waals surface area contributed by atoms with Crippen LogP contribution < -0.4 is 0 Å². The minimum absolute atomic E-state index is 0.124. The van der Waals surface area contributed by atoms with Gasteiger partial charge in [0, 0.05) is 10.9 Å². The number of carbonyl (C=O) groups is 1. The lowest BCUT2D eigenvalue weighted by Gasteiger charge is -2.05. The van der Waals surface area contributed by atoms with Crippen LogP contribution in [0, 0.1) is 5.41 Å². The third-order valence-corrected chi connectivity index (χ3v) is 3.21. The molecule has 2 unspecified atom stereocenters. The van der Waals surface area contributed by atoms with Crippen molar-refractivity contribution in [3.05, 3.63) is 34.9 Å². The van der Waals surface area contributed by atoms with Gasteiger partial charge in [0.05, 0.1) is 5.41 Å². The second-order valence-corrected chi connectivity index (χ2v) is 4.47. The maximum absolute atomic E-state index is 10.9. The number of carboxylic acid groups (broad SMARTS) is 1. The molecule has 0 radical (unpaired) electrons. The van der Waals surface area contributed by atoms with Crippen molar-refractivity contribution in [3.8, 4) is 0 Å². The highest BCUT2D eigenvalue weighted by Gasteiger charge is 2.57. The monoisotopic (exact) mass is 210 g/mol. The molecule has 14 heavy (non-hydrogen) atoms. The summed E-state index contributed by atoms with van der Waals surface area (Å²) in [6, 6.07) is 7.44. The average molecular weight is 211 g/mol. The van der Waals surface area contributed by atoms with Crippen molar-refractivity contribution in [2.75, 3.05) is 0 Å². The molecule has 2 atom stereocenters. The predicted octanol–water partition coefficient (Wildman–Crippen LogP) is 2.92. The van der Waals surface area contributed by atoms with E-state index < -0.39 is 11.4 Å². The largest absolute Gasteiger partial charge is 0.481 e. The van der Waals surface area contributed by atoms with Gasteiger partial charge in [-0.2, -0.15) is 0 Å². The third kappa shape index (κ3) is 1.40. The minimum Gasteiger partial charge on any atom is -0.481 e. The molecule has 1 aromatic carbocycles. The molecule has 1 fully saturated rings. The van der Waals surface area contributed by atoms with Crippen LogP contribution in [0.3, 0.4) is 0 Å². The first kappa shape index (κ1) is 9.53. The average Bonchev–Trinajstić information content (AvgIpc) is 2.80. The molecule has 3 heteroatoms. The molecule has 1 aliphatic carbocycles. The highest BCUT2D eigenvalue weighted by molar-refractivity contribution is 6.30. The van der Waals surface area contributed by atoms with E-state index in [1.807, 2.05) is 18.2 Å². The molecule has 0 amide bonds. The van der Waals surface area contributed by atoms with Gasteiger partial charge < -0.3 is 5.11 Å². The summed E-state index contributed by atoms with van der Waals surface area (Å²) in [4.78, 5) is 10.9. The Morgan fingerprint density at radius 2 is 2.36 bits per heavy atom. The standard InChI is InChI=1S/C11H11ClO2/c1-11(10(13)14)6-9(11)7-3-2-4-8(12)5-7/h2-5,9H,6H2,1H3,(H,13,14). The number of benzene rings is 1. The van der Waals surface area contributed by atoms with E-state index in [9.17, 15) is 4.79 Å². The van der Waals surface area contributed by atoms with E-state index in [1.165, 1.54) is 0 Å². The Labute approximate surface area is 87.5 Å². The first-order valence-electron chi connectivity index (χ1n) is 4.53. The molecule has 0 spiro atoms. The van der Waals surface area contributed by atoms with Gasteiger partial charge in [0.15, 0.2) is 0 Å². The highest BCUT2D eigenvalue weighted by atomic mass is 35.5. The van der Waals surface area contributed by atoms with E-state index in [0.717, 1.165) is 5.56 Å². The Morgan fingerprint density at radius 1 is 1.64 bits per heavy atom. The van der Waals surface area contributed by atoms with Crippen LogP contribution >= 0.6 is 11.6 Å². The second kappa shape index (κ2) is 2.99. The molecule has 1 aliphatic rings. The van der Waals surface area contributed by atoms with E-state index in [1.54, 1.807) is 13.0 Å².